The van der Waals surface area contributed by atoms with Crippen molar-refractivity contribution in [1.29, 1.82) is 0 Å². The van der Waals surface area contributed by atoms with Crippen LogP contribution < -0.4 is 10.1 Å². The number of methoxy groups -OCH3 is 1. The van der Waals surface area contributed by atoms with Crippen molar-refractivity contribution in [3.8, 4) is 11.5 Å². The van der Waals surface area contributed by atoms with Crippen LogP contribution in [0.1, 0.15) is 18.5 Å². The van der Waals surface area contributed by atoms with Gasteiger partial charge < -0.3 is 15.2 Å². The lowest BCUT2D eigenvalue weighted by Gasteiger charge is -2.16. The van der Waals surface area contributed by atoms with E-state index in [4.69, 9.17) is 4.74 Å². The Morgan fingerprint density at radius 3 is 2.42 bits per heavy atom. The number of halogens is 1. The van der Waals surface area contributed by atoms with E-state index < -0.39 is 5.82 Å². The van der Waals surface area contributed by atoms with Crippen molar-refractivity contribution in [2.24, 2.45) is 0 Å². The number of ether oxygens (including phenoxy) is 1. The van der Waals surface area contributed by atoms with E-state index in [1.807, 2.05) is 19.1 Å². The normalized spacial score (nSPS) is 11.9. The molecular formula is C15H16FNO2. The average Bonchev–Trinajstić information content (AvgIpc) is 2.39. The molecule has 0 aliphatic heterocycles. The van der Waals surface area contributed by atoms with Gasteiger partial charge >= 0.3 is 0 Å². The van der Waals surface area contributed by atoms with E-state index >= 15 is 0 Å². The molecule has 0 saturated carbocycles. The van der Waals surface area contributed by atoms with Crippen LogP contribution >= 0.6 is 0 Å². The summed E-state index contributed by atoms with van der Waals surface area (Å²) in [6.45, 7) is 1.97. The first-order valence-electron chi connectivity index (χ1n) is 5.99. The number of hydrogen-bond donors (Lipinski definition) is 2. The largest absolute Gasteiger partial charge is 0.508 e. The smallest absolute Gasteiger partial charge is 0.167 e. The van der Waals surface area contributed by atoms with Crippen molar-refractivity contribution in [3.05, 3.63) is 53.8 Å². The number of rotatable bonds is 4. The van der Waals surface area contributed by atoms with Gasteiger partial charge in [-0.1, -0.05) is 12.1 Å². The monoisotopic (exact) mass is 261 g/mol. The Balaban J connectivity index is 2.12. The number of anilines is 1. The average molecular weight is 261 g/mol. The third-order valence-electron chi connectivity index (χ3n) is 2.93. The van der Waals surface area contributed by atoms with Gasteiger partial charge in [0, 0.05) is 17.8 Å². The first kappa shape index (κ1) is 13.2. The second-order valence-corrected chi connectivity index (χ2v) is 4.31. The minimum atomic E-state index is -0.398. The van der Waals surface area contributed by atoms with Gasteiger partial charge in [-0.15, -0.1) is 0 Å². The maximum atomic E-state index is 13.6. The Hall–Kier alpha value is -2.23. The molecule has 2 aromatic rings. The van der Waals surface area contributed by atoms with Crippen LogP contribution in [0.15, 0.2) is 42.5 Å². The molecule has 1 atom stereocenters. The highest BCUT2D eigenvalue weighted by atomic mass is 19.1. The molecule has 100 valence electrons. The van der Waals surface area contributed by atoms with Gasteiger partial charge in [0.2, 0.25) is 0 Å². The van der Waals surface area contributed by atoms with Gasteiger partial charge in [-0.05, 0) is 36.8 Å². The quantitative estimate of drug-likeness (QED) is 0.881. The number of hydrogen-bond acceptors (Lipinski definition) is 3. The van der Waals surface area contributed by atoms with Crippen LogP contribution in [0, 0.1) is 5.82 Å². The van der Waals surface area contributed by atoms with Gasteiger partial charge in [-0.2, -0.15) is 0 Å². The lowest BCUT2D eigenvalue weighted by molar-refractivity contribution is 0.386. The SMILES string of the molecule is COc1ccc(NC(C)c2ccc(O)cc2)cc1F. The molecule has 0 fully saturated rings. The van der Waals surface area contributed by atoms with E-state index in [1.165, 1.54) is 13.2 Å². The number of aromatic hydroxyl groups is 1. The van der Waals surface area contributed by atoms with Crippen LogP contribution in [0.5, 0.6) is 11.5 Å². The predicted molar refractivity (Wildman–Crippen MR) is 73.1 cm³/mol. The van der Waals surface area contributed by atoms with Crippen LogP contribution in [0.3, 0.4) is 0 Å². The molecule has 1 unspecified atom stereocenters. The Labute approximate surface area is 111 Å². The molecule has 19 heavy (non-hydrogen) atoms. The van der Waals surface area contributed by atoms with Gasteiger partial charge in [0.05, 0.1) is 7.11 Å². The molecule has 0 bridgehead atoms. The summed E-state index contributed by atoms with van der Waals surface area (Å²) < 4.78 is 18.4. The van der Waals surface area contributed by atoms with E-state index in [1.54, 1.807) is 24.3 Å². The number of phenolic OH excluding ortho intramolecular Hbond substituents is 1. The molecule has 0 amide bonds. The van der Waals surface area contributed by atoms with Gasteiger partial charge in [-0.3, -0.25) is 0 Å². The van der Waals surface area contributed by atoms with Gasteiger partial charge in [0.15, 0.2) is 11.6 Å². The molecular weight excluding hydrogens is 245 g/mol. The minimum Gasteiger partial charge on any atom is -0.508 e. The van der Waals surface area contributed by atoms with Crippen molar-refractivity contribution in [2.45, 2.75) is 13.0 Å². The van der Waals surface area contributed by atoms with E-state index in [0.29, 0.717) is 5.69 Å². The third kappa shape index (κ3) is 3.16. The molecule has 2 aromatic carbocycles. The van der Waals surface area contributed by atoms with E-state index in [0.717, 1.165) is 5.56 Å². The Morgan fingerprint density at radius 2 is 1.84 bits per heavy atom. The molecule has 2 rings (SSSR count). The summed E-state index contributed by atoms with van der Waals surface area (Å²) in [6.07, 6.45) is 0. The highest BCUT2D eigenvalue weighted by Gasteiger charge is 2.08. The van der Waals surface area contributed by atoms with E-state index in [2.05, 4.69) is 5.32 Å². The predicted octanol–water partition coefficient (Wildman–Crippen LogP) is 3.71. The second kappa shape index (κ2) is 5.61. The highest BCUT2D eigenvalue weighted by Crippen LogP contribution is 2.25. The first-order chi connectivity index (χ1) is 9.10. The number of nitrogens with one attached hydrogen (secondary N) is 1. The lowest BCUT2D eigenvalue weighted by atomic mass is 10.1. The molecule has 2 N–H and O–H groups in total. The molecule has 4 heteroatoms. The maximum absolute atomic E-state index is 13.6. The topological polar surface area (TPSA) is 41.5 Å². The van der Waals surface area contributed by atoms with Crippen LogP contribution in [-0.2, 0) is 0 Å². The van der Waals surface area contributed by atoms with Crippen LogP contribution in [-0.4, -0.2) is 12.2 Å². The van der Waals surface area contributed by atoms with Crippen molar-refractivity contribution in [1.82, 2.24) is 0 Å². The summed E-state index contributed by atoms with van der Waals surface area (Å²) in [7, 11) is 1.44. The highest BCUT2D eigenvalue weighted by molar-refractivity contribution is 5.49. The molecule has 0 radical (unpaired) electrons. The molecule has 0 aromatic heterocycles. The summed E-state index contributed by atoms with van der Waals surface area (Å²) in [5.41, 5.74) is 1.69. The minimum absolute atomic E-state index is 0.00777. The first-order valence-corrected chi connectivity index (χ1v) is 5.99. The van der Waals surface area contributed by atoms with Gasteiger partial charge in [0.1, 0.15) is 5.75 Å². The summed E-state index contributed by atoms with van der Waals surface area (Å²) in [4.78, 5) is 0. The lowest BCUT2D eigenvalue weighted by Crippen LogP contribution is -2.06. The Bertz CT molecular complexity index is 555. The fraction of sp³-hybridized carbons (Fsp3) is 0.200. The zero-order valence-corrected chi connectivity index (χ0v) is 10.9. The van der Waals surface area contributed by atoms with Crippen molar-refractivity contribution in [3.63, 3.8) is 0 Å². The zero-order chi connectivity index (χ0) is 13.8. The van der Waals surface area contributed by atoms with Crippen LogP contribution in [0.25, 0.3) is 0 Å². The number of phenols is 1. The molecule has 0 heterocycles. The standard InChI is InChI=1S/C15H16FNO2/c1-10(11-3-6-13(18)7-4-11)17-12-5-8-15(19-2)14(16)9-12/h3-10,17-18H,1-2H3. The maximum Gasteiger partial charge on any atom is 0.167 e. The summed E-state index contributed by atoms with van der Waals surface area (Å²) in [6, 6.07) is 11.7. The molecule has 0 spiro atoms. The summed E-state index contributed by atoms with van der Waals surface area (Å²) in [5, 5.41) is 12.4. The van der Waals surface area contributed by atoms with Crippen molar-refractivity contribution >= 4 is 5.69 Å². The third-order valence-corrected chi connectivity index (χ3v) is 2.93. The fourth-order valence-corrected chi connectivity index (χ4v) is 1.85. The molecule has 0 aliphatic rings. The summed E-state index contributed by atoms with van der Waals surface area (Å²) in [5.74, 6) is 0.0553. The number of benzene rings is 2. The van der Waals surface area contributed by atoms with Crippen molar-refractivity contribution < 1.29 is 14.2 Å². The second-order valence-electron chi connectivity index (χ2n) is 4.31. The fourth-order valence-electron chi connectivity index (χ4n) is 1.85. The molecule has 0 saturated heterocycles. The van der Waals surface area contributed by atoms with Crippen molar-refractivity contribution in [2.75, 3.05) is 12.4 Å². The van der Waals surface area contributed by atoms with E-state index in [-0.39, 0.29) is 17.5 Å². The van der Waals surface area contributed by atoms with Crippen LogP contribution in [0.4, 0.5) is 10.1 Å². The Morgan fingerprint density at radius 1 is 1.16 bits per heavy atom. The van der Waals surface area contributed by atoms with Crippen LogP contribution in [0.2, 0.25) is 0 Å². The van der Waals surface area contributed by atoms with Gasteiger partial charge in [0.25, 0.3) is 0 Å². The summed E-state index contributed by atoms with van der Waals surface area (Å²) >= 11 is 0. The van der Waals surface area contributed by atoms with Gasteiger partial charge in [-0.25, -0.2) is 4.39 Å². The molecule has 0 aliphatic carbocycles. The molecule has 3 nitrogen and oxygen atoms in total. The Kier molecular flexibility index (Phi) is 3.90. The zero-order valence-electron chi connectivity index (χ0n) is 10.9. The van der Waals surface area contributed by atoms with E-state index in [9.17, 15) is 9.50 Å².